The molecule has 0 fully saturated rings. The molecule has 0 radical (unpaired) electrons. The Morgan fingerprint density at radius 3 is 2.52 bits per heavy atom. The molecule has 0 aliphatic carbocycles. The summed E-state index contributed by atoms with van der Waals surface area (Å²) in [7, 11) is 1.28. The molecule has 0 aliphatic heterocycles. The summed E-state index contributed by atoms with van der Waals surface area (Å²) in [6, 6.07) is 15.8. The van der Waals surface area contributed by atoms with Crippen molar-refractivity contribution < 1.29 is 23.8 Å². The number of anilines is 2. The topological polar surface area (TPSA) is 77.1 Å². The fourth-order valence-corrected chi connectivity index (χ4v) is 2.30. The van der Waals surface area contributed by atoms with Crippen LogP contribution in [0.25, 0.3) is 0 Å². The van der Waals surface area contributed by atoms with Crippen LogP contribution in [-0.2, 0) is 9.47 Å². The minimum Gasteiger partial charge on any atom is -0.453 e. The summed E-state index contributed by atoms with van der Waals surface area (Å²) in [5.41, 5.74) is 1.18. The van der Waals surface area contributed by atoms with E-state index in [4.69, 9.17) is 9.47 Å². The van der Waals surface area contributed by atoms with Crippen LogP contribution in [-0.4, -0.2) is 39.1 Å². The smallest absolute Gasteiger partial charge is 0.419 e. The lowest BCUT2D eigenvalue weighted by Gasteiger charge is -2.22. The molecule has 0 heterocycles. The molecule has 0 saturated heterocycles. The average molecular weight is 372 g/mol. The molecule has 2 rings (SSSR count). The highest BCUT2D eigenvalue weighted by atomic mass is 16.6. The molecule has 0 bridgehead atoms. The molecule has 0 spiro atoms. The Labute approximate surface area is 158 Å². The summed E-state index contributed by atoms with van der Waals surface area (Å²) < 4.78 is 15.5. The zero-order chi connectivity index (χ0) is 19.5. The molecule has 144 valence electrons. The van der Waals surface area contributed by atoms with Crippen LogP contribution in [0.15, 0.2) is 54.6 Å². The maximum Gasteiger partial charge on any atom is 0.419 e. The van der Waals surface area contributed by atoms with E-state index in [0.717, 1.165) is 6.42 Å². The van der Waals surface area contributed by atoms with Gasteiger partial charge in [0, 0.05) is 24.0 Å². The number of hydrogen-bond acceptors (Lipinski definition) is 5. The first-order valence-corrected chi connectivity index (χ1v) is 8.71. The summed E-state index contributed by atoms with van der Waals surface area (Å²) in [5, 5.41) is 2.53. The minimum absolute atomic E-state index is 0.310. The Kier molecular flexibility index (Phi) is 8.12. The lowest BCUT2D eigenvalue weighted by atomic mass is 10.3. The van der Waals surface area contributed by atoms with Gasteiger partial charge in [0.2, 0.25) is 0 Å². The number of rotatable bonds is 8. The van der Waals surface area contributed by atoms with Crippen molar-refractivity contribution in [1.82, 2.24) is 0 Å². The van der Waals surface area contributed by atoms with E-state index in [0.29, 0.717) is 36.9 Å². The number of carbonyl (C=O) groups excluding carboxylic acids is 2. The van der Waals surface area contributed by atoms with E-state index in [-0.39, 0.29) is 0 Å². The third kappa shape index (κ3) is 6.63. The number of ether oxygens (including phenoxy) is 3. The number of para-hydroxylation sites is 1. The standard InChI is InChI=1S/C20H24N2O5/c1-3-13-26-14-12-22(17-9-5-4-6-10-17)20(24)27-18-11-7-8-16(15-18)21-19(23)25-2/h4-11,15H,3,12-14H2,1-2H3,(H,21,23). The Hall–Kier alpha value is -3.06. The van der Waals surface area contributed by atoms with Gasteiger partial charge in [0.25, 0.3) is 0 Å². The lowest BCUT2D eigenvalue weighted by Crippen LogP contribution is -2.36. The van der Waals surface area contributed by atoms with Gasteiger partial charge in [-0.05, 0) is 30.7 Å². The normalized spacial score (nSPS) is 10.1. The van der Waals surface area contributed by atoms with Crippen molar-refractivity contribution in [2.45, 2.75) is 13.3 Å². The summed E-state index contributed by atoms with van der Waals surface area (Å²) in [4.78, 5) is 25.5. The van der Waals surface area contributed by atoms with Crippen molar-refractivity contribution in [2.75, 3.05) is 37.1 Å². The van der Waals surface area contributed by atoms with Gasteiger partial charge < -0.3 is 14.2 Å². The molecule has 2 amide bonds. The van der Waals surface area contributed by atoms with Gasteiger partial charge >= 0.3 is 12.2 Å². The zero-order valence-electron chi connectivity index (χ0n) is 15.5. The third-order valence-corrected chi connectivity index (χ3v) is 3.57. The molecule has 2 aromatic carbocycles. The Morgan fingerprint density at radius 1 is 1.04 bits per heavy atom. The monoisotopic (exact) mass is 372 g/mol. The quantitative estimate of drug-likeness (QED) is 0.699. The van der Waals surface area contributed by atoms with Gasteiger partial charge in [0.15, 0.2) is 0 Å². The predicted molar refractivity (Wildman–Crippen MR) is 103 cm³/mol. The molecule has 0 atom stereocenters. The molecular weight excluding hydrogens is 348 g/mol. The van der Waals surface area contributed by atoms with Gasteiger partial charge in [0.05, 0.1) is 20.3 Å². The van der Waals surface area contributed by atoms with Crippen LogP contribution >= 0.6 is 0 Å². The van der Waals surface area contributed by atoms with Crippen molar-refractivity contribution in [3.63, 3.8) is 0 Å². The molecule has 1 N–H and O–H groups in total. The molecule has 7 heteroatoms. The molecule has 0 aliphatic rings. The first-order valence-electron chi connectivity index (χ1n) is 8.71. The SMILES string of the molecule is CCCOCCN(C(=O)Oc1cccc(NC(=O)OC)c1)c1ccccc1. The Morgan fingerprint density at radius 2 is 1.81 bits per heavy atom. The van der Waals surface area contributed by atoms with E-state index < -0.39 is 12.2 Å². The molecule has 0 unspecified atom stereocenters. The van der Waals surface area contributed by atoms with Gasteiger partial charge in [-0.3, -0.25) is 10.2 Å². The molecule has 7 nitrogen and oxygen atoms in total. The number of amides is 2. The second kappa shape index (κ2) is 10.8. The van der Waals surface area contributed by atoms with Crippen molar-refractivity contribution in [3.05, 3.63) is 54.6 Å². The van der Waals surface area contributed by atoms with Crippen LogP contribution in [0.2, 0.25) is 0 Å². The Balaban J connectivity index is 2.08. The van der Waals surface area contributed by atoms with Gasteiger partial charge in [-0.25, -0.2) is 9.59 Å². The van der Waals surface area contributed by atoms with Crippen LogP contribution in [0.5, 0.6) is 5.75 Å². The first kappa shape index (κ1) is 20.3. The number of nitrogens with zero attached hydrogens (tertiary/aromatic N) is 1. The van der Waals surface area contributed by atoms with E-state index in [9.17, 15) is 9.59 Å². The summed E-state index contributed by atoms with van der Waals surface area (Å²) in [6.45, 7) is 3.43. The summed E-state index contributed by atoms with van der Waals surface area (Å²) in [5.74, 6) is 0.310. The number of nitrogens with one attached hydrogen (secondary N) is 1. The van der Waals surface area contributed by atoms with Gasteiger partial charge in [-0.15, -0.1) is 0 Å². The van der Waals surface area contributed by atoms with Gasteiger partial charge in [-0.2, -0.15) is 0 Å². The maximum atomic E-state index is 12.7. The summed E-state index contributed by atoms with van der Waals surface area (Å²) >= 11 is 0. The van der Waals surface area contributed by atoms with Crippen LogP contribution in [0.1, 0.15) is 13.3 Å². The molecule has 2 aromatic rings. The fourth-order valence-electron chi connectivity index (χ4n) is 2.30. The number of hydrogen-bond donors (Lipinski definition) is 1. The highest BCUT2D eigenvalue weighted by molar-refractivity contribution is 5.89. The van der Waals surface area contributed by atoms with Crippen LogP contribution in [0.4, 0.5) is 21.0 Å². The van der Waals surface area contributed by atoms with Crippen LogP contribution < -0.4 is 15.0 Å². The van der Waals surface area contributed by atoms with E-state index in [1.165, 1.54) is 12.0 Å². The third-order valence-electron chi connectivity index (χ3n) is 3.57. The molecule has 0 aromatic heterocycles. The second-order valence-corrected chi connectivity index (χ2v) is 5.61. The van der Waals surface area contributed by atoms with E-state index in [1.807, 2.05) is 37.3 Å². The minimum atomic E-state index is -0.600. The van der Waals surface area contributed by atoms with Crippen LogP contribution in [0, 0.1) is 0 Å². The van der Waals surface area contributed by atoms with Gasteiger partial charge in [-0.1, -0.05) is 31.2 Å². The highest BCUT2D eigenvalue weighted by Gasteiger charge is 2.18. The van der Waals surface area contributed by atoms with E-state index >= 15 is 0 Å². The molecular formula is C20H24N2O5. The first-order chi connectivity index (χ1) is 13.1. The Bertz CT molecular complexity index is 736. The lowest BCUT2D eigenvalue weighted by molar-refractivity contribution is 0.139. The highest BCUT2D eigenvalue weighted by Crippen LogP contribution is 2.20. The largest absolute Gasteiger partial charge is 0.453 e. The molecule has 27 heavy (non-hydrogen) atoms. The fraction of sp³-hybridized carbons (Fsp3) is 0.300. The van der Waals surface area contributed by atoms with Crippen molar-refractivity contribution >= 4 is 23.6 Å². The van der Waals surface area contributed by atoms with Gasteiger partial charge in [0.1, 0.15) is 5.75 Å². The van der Waals surface area contributed by atoms with Crippen molar-refractivity contribution in [1.29, 1.82) is 0 Å². The zero-order valence-corrected chi connectivity index (χ0v) is 15.5. The maximum absolute atomic E-state index is 12.7. The second-order valence-electron chi connectivity index (χ2n) is 5.61. The van der Waals surface area contributed by atoms with Crippen LogP contribution in [0.3, 0.4) is 0 Å². The number of carbonyl (C=O) groups is 2. The molecule has 0 saturated carbocycles. The number of methoxy groups -OCH3 is 1. The average Bonchev–Trinajstić information content (AvgIpc) is 2.68. The van der Waals surface area contributed by atoms with Crippen molar-refractivity contribution in [2.24, 2.45) is 0 Å². The van der Waals surface area contributed by atoms with E-state index in [1.54, 1.807) is 24.3 Å². The predicted octanol–water partition coefficient (Wildman–Crippen LogP) is 4.30. The summed E-state index contributed by atoms with van der Waals surface area (Å²) in [6.07, 6.45) is -0.218. The van der Waals surface area contributed by atoms with E-state index in [2.05, 4.69) is 10.1 Å². The number of benzene rings is 2. The van der Waals surface area contributed by atoms with Crippen molar-refractivity contribution in [3.8, 4) is 5.75 Å².